The third kappa shape index (κ3) is 2.79. The van der Waals surface area contributed by atoms with Gasteiger partial charge in [-0.05, 0) is 55.2 Å². The van der Waals surface area contributed by atoms with E-state index in [-0.39, 0.29) is 5.69 Å². The lowest BCUT2D eigenvalue weighted by Gasteiger charge is -2.12. The molecule has 0 radical (unpaired) electrons. The van der Waals surface area contributed by atoms with Crippen molar-refractivity contribution in [2.24, 2.45) is 0 Å². The Morgan fingerprint density at radius 2 is 1.50 bits per heavy atom. The van der Waals surface area contributed by atoms with Crippen LogP contribution in [0.15, 0.2) is 24.3 Å². The minimum atomic E-state index is -1.45. The van der Waals surface area contributed by atoms with Crippen molar-refractivity contribution in [3.05, 3.63) is 64.0 Å². The summed E-state index contributed by atoms with van der Waals surface area (Å²) in [6, 6.07) is 6.17. The Labute approximate surface area is 116 Å². The van der Waals surface area contributed by atoms with Gasteiger partial charge in [0.05, 0.1) is 5.69 Å². The summed E-state index contributed by atoms with van der Waals surface area (Å²) in [6.45, 7) is 6.34. The molecule has 0 fully saturated rings. The van der Waals surface area contributed by atoms with Crippen molar-refractivity contribution in [1.82, 2.24) is 0 Å². The first kappa shape index (κ1) is 14.4. The van der Waals surface area contributed by atoms with Gasteiger partial charge in [0.2, 0.25) is 0 Å². The van der Waals surface area contributed by atoms with Gasteiger partial charge < -0.3 is 5.32 Å². The smallest absolute Gasteiger partial charge is 0.196 e. The van der Waals surface area contributed by atoms with E-state index in [9.17, 15) is 13.2 Å². The van der Waals surface area contributed by atoms with Gasteiger partial charge in [0.1, 0.15) is 0 Å². The zero-order chi connectivity index (χ0) is 14.9. The van der Waals surface area contributed by atoms with Crippen LogP contribution in [0.2, 0.25) is 0 Å². The summed E-state index contributed by atoms with van der Waals surface area (Å²) in [5.41, 5.74) is 4.35. The largest absolute Gasteiger partial charge is 0.378 e. The number of hydrogen-bond donors (Lipinski definition) is 1. The van der Waals surface area contributed by atoms with Gasteiger partial charge in [-0.3, -0.25) is 0 Å². The highest BCUT2D eigenvalue weighted by Crippen LogP contribution is 2.21. The molecule has 2 rings (SSSR count). The average Bonchev–Trinajstić information content (AvgIpc) is 2.40. The Kier molecular flexibility index (Phi) is 4.02. The van der Waals surface area contributed by atoms with Gasteiger partial charge in [-0.25, -0.2) is 13.2 Å². The van der Waals surface area contributed by atoms with Gasteiger partial charge in [0.15, 0.2) is 17.5 Å². The maximum Gasteiger partial charge on any atom is 0.196 e. The summed E-state index contributed by atoms with van der Waals surface area (Å²) >= 11 is 0. The molecule has 0 bridgehead atoms. The van der Waals surface area contributed by atoms with Crippen molar-refractivity contribution in [2.45, 2.75) is 27.3 Å². The minimum absolute atomic E-state index is 0.0403. The Balaban J connectivity index is 2.21. The Morgan fingerprint density at radius 3 is 2.20 bits per heavy atom. The molecule has 1 nitrogen and oxygen atoms in total. The third-order valence-electron chi connectivity index (χ3n) is 3.46. The number of aryl methyl sites for hydroxylation is 3. The van der Waals surface area contributed by atoms with Crippen molar-refractivity contribution in [2.75, 3.05) is 5.32 Å². The zero-order valence-electron chi connectivity index (χ0n) is 11.7. The van der Waals surface area contributed by atoms with Crippen molar-refractivity contribution < 1.29 is 13.2 Å². The molecule has 106 valence electrons. The van der Waals surface area contributed by atoms with E-state index in [1.54, 1.807) is 0 Å². The predicted octanol–water partition coefficient (Wildman–Crippen LogP) is 4.64. The first-order chi connectivity index (χ1) is 9.40. The minimum Gasteiger partial charge on any atom is -0.378 e. The third-order valence-corrected chi connectivity index (χ3v) is 3.46. The molecule has 4 heteroatoms. The highest BCUT2D eigenvalue weighted by molar-refractivity contribution is 5.47. The quantitative estimate of drug-likeness (QED) is 0.807. The lowest BCUT2D eigenvalue weighted by Crippen LogP contribution is -2.06. The van der Waals surface area contributed by atoms with Crippen molar-refractivity contribution in [3.8, 4) is 0 Å². The maximum absolute atomic E-state index is 13.5. The fraction of sp³-hybridized carbons (Fsp3) is 0.250. The molecule has 0 saturated carbocycles. The van der Waals surface area contributed by atoms with Crippen LogP contribution < -0.4 is 5.32 Å². The summed E-state index contributed by atoms with van der Waals surface area (Å²) in [7, 11) is 0. The summed E-state index contributed by atoms with van der Waals surface area (Å²) in [6.07, 6.45) is 0. The van der Waals surface area contributed by atoms with Crippen molar-refractivity contribution >= 4 is 5.69 Å². The van der Waals surface area contributed by atoms with Crippen LogP contribution in [0.1, 0.15) is 22.3 Å². The van der Waals surface area contributed by atoms with Gasteiger partial charge in [-0.15, -0.1) is 0 Å². The second-order valence-electron chi connectivity index (χ2n) is 4.94. The Bertz CT molecular complexity index is 649. The molecule has 1 N–H and O–H groups in total. The lowest BCUT2D eigenvalue weighted by molar-refractivity contribution is 0.449. The van der Waals surface area contributed by atoms with Gasteiger partial charge in [-0.1, -0.05) is 12.1 Å². The van der Waals surface area contributed by atoms with E-state index in [2.05, 4.69) is 5.32 Å². The number of anilines is 1. The molecule has 0 amide bonds. The molecule has 0 saturated heterocycles. The van der Waals surface area contributed by atoms with E-state index in [1.165, 1.54) is 11.6 Å². The number of halogens is 3. The van der Waals surface area contributed by atoms with Crippen LogP contribution in [-0.4, -0.2) is 0 Å². The van der Waals surface area contributed by atoms with E-state index in [0.717, 1.165) is 22.8 Å². The van der Waals surface area contributed by atoms with Crippen LogP contribution in [0.25, 0.3) is 0 Å². The summed E-state index contributed by atoms with van der Waals surface area (Å²) in [5, 5.41) is 2.80. The highest BCUT2D eigenvalue weighted by Gasteiger charge is 2.13. The molecule has 2 aromatic rings. The second kappa shape index (κ2) is 5.57. The van der Waals surface area contributed by atoms with Crippen LogP contribution in [0.3, 0.4) is 0 Å². The fourth-order valence-electron chi connectivity index (χ4n) is 2.06. The molecular weight excluding hydrogens is 263 g/mol. The van der Waals surface area contributed by atoms with E-state index >= 15 is 0 Å². The topological polar surface area (TPSA) is 12.0 Å². The molecular formula is C16H16F3N. The van der Waals surface area contributed by atoms with E-state index in [1.807, 2.05) is 32.9 Å². The molecule has 0 atom stereocenters. The zero-order valence-corrected chi connectivity index (χ0v) is 11.7. The maximum atomic E-state index is 13.5. The van der Waals surface area contributed by atoms with Crippen molar-refractivity contribution in [1.29, 1.82) is 0 Å². The molecule has 0 unspecified atom stereocenters. The van der Waals surface area contributed by atoms with E-state index in [0.29, 0.717) is 6.54 Å². The van der Waals surface area contributed by atoms with Crippen LogP contribution in [-0.2, 0) is 6.54 Å². The molecule has 2 aromatic carbocycles. The van der Waals surface area contributed by atoms with Crippen LogP contribution in [0.4, 0.5) is 18.9 Å². The normalized spacial score (nSPS) is 10.7. The molecule has 0 aromatic heterocycles. The number of nitrogens with one attached hydrogen (secondary N) is 1. The SMILES string of the molecule is Cc1cc(C)c(CNc2ccc(F)c(F)c2F)cc1C. The summed E-state index contributed by atoms with van der Waals surface area (Å²) in [4.78, 5) is 0. The molecule has 0 aliphatic heterocycles. The lowest BCUT2D eigenvalue weighted by atomic mass is 10.0. The van der Waals surface area contributed by atoms with Crippen LogP contribution in [0, 0.1) is 38.2 Å². The summed E-state index contributed by atoms with van der Waals surface area (Å²) in [5.74, 6) is -3.83. The Morgan fingerprint density at radius 1 is 0.850 bits per heavy atom. The molecule has 0 spiro atoms. The molecule has 0 aliphatic rings. The van der Waals surface area contributed by atoms with E-state index in [4.69, 9.17) is 0 Å². The monoisotopic (exact) mass is 279 g/mol. The van der Waals surface area contributed by atoms with Crippen LogP contribution in [0.5, 0.6) is 0 Å². The number of benzene rings is 2. The van der Waals surface area contributed by atoms with Crippen molar-refractivity contribution in [3.63, 3.8) is 0 Å². The van der Waals surface area contributed by atoms with Gasteiger partial charge in [-0.2, -0.15) is 0 Å². The fourth-order valence-corrected chi connectivity index (χ4v) is 2.06. The summed E-state index contributed by atoms with van der Waals surface area (Å²) < 4.78 is 39.5. The van der Waals surface area contributed by atoms with Crippen LogP contribution >= 0.6 is 0 Å². The molecule has 0 aliphatic carbocycles. The number of rotatable bonds is 3. The molecule has 20 heavy (non-hydrogen) atoms. The molecule has 0 heterocycles. The van der Waals surface area contributed by atoms with Gasteiger partial charge in [0.25, 0.3) is 0 Å². The second-order valence-corrected chi connectivity index (χ2v) is 4.94. The average molecular weight is 279 g/mol. The first-order valence-corrected chi connectivity index (χ1v) is 6.34. The van der Waals surface area contributed by atoms with Gasteiger partial charge >= 0.3 is 0 Å². The predicted molar refractivity (Wildman–Crippen MR) is 74.3 cm³/mol. The van der Waals surface area contributed by atoms with E-state index < -0.39 is 17.5 Å². The van der Waals surface area contributed by atoms with Gasteiger partial charge in [0, 0.05) is 6.54 Å². The Hall–Kier alpha value is -1.97. The highest BCUT2D eigenvalue weighted by atomic mass is 19.2. The first-order valence-electron chi connectivity index (χ1n) is 6.34. The number of hydrogen-bond acceptors (Lipinski definition) is 1. The standard InChI is InChI=1S/C16H16F3N/c1-9-6-11(3)12(7-10(9)2)8-20-14-5-4-13(17)15(18)16(14)19/h4-7,20H,8H2,1-3H3.